The maximum atomic E-state index is 13.6. The predicted octanol–water partition coefficient (Wildman–Crippen LogP) is 3.98. The van der Waals surface area contributed by atoms with Crippen LogP contribution in [-0.2, 0) is 13.0 Å². The van der Waals surface area contributed by atoms with Crippen LogP contribution in [0.2, 0.25) is 5.02 Å². The van der Waals surface area contributed by atoms with Gasteiger partial charge in [-0.15, -0.1) is 0 Å². The summed E-state index contributed by atoms with van der Waals surface area (Å²) in [6.45, 7) is 1.66. The molecular formula is C18H15ClFN3. The van der Waals surface area contributed by atoms with Gasteiger partial charge in [-0.3, -0.25) is 0 Å². The van der Waals surface area contributed by atoms with Crippen LogP contribution in [0.15, 0.2) is 48.5 Å². The van der Waals surface area contributed by atoms with E-state index < -0.39 is 0 Å². The summed E-state index contributed by atoms with van der Waals surface area (Å²) in [5.74, 6) is -0.249. The number of fused-ring (bicyclic) bond motifs is 1. The SMILES string of the molecule is Fc1cccc(-c2nn(-c3ccc(Cl)cc3)c3c2CNCC3)c1. The average molecular weight is 328 g/mol. The van der Waals surface area contributed by atoms with Crippen molar-refractivity contribution in [3.63, 3.8) is 0 Å². The van der Waals surface area contributed by atoms with Gasteiger partial charge in [0.25, 0.3) is 0 Å². The Balaban J connectivity index is 1.89. The second kappa shape index (κ2) is 5.80. The summed E-state index contributed by atoms with van der Waals surface area (Å²) in [7, 11) is 0. The summed E-state index contributed by atoms with van der Waals surface area (Å²) in [5.41, 5.74) is 4.91. The molecule has 0 bridgehead atoms. The molecule has 3 nitrogen and oxygen atoms in total. The Labute approximate surface area is 138 Å². The fraction of sp³-hybridized carbons (Fsp3) is 0.167. The lowest BCUT2D eigenvalue weighted by molar-refractivity contribution is 0.622. The van der Waals surface area contributed by atoms with Gasteiger partial charge in [0.05, 0.1) is 17.1 Å². The Hall–Kier alpha value is -2.17. The third-order valence-electron chi connectivity index (χ3n) is 4.10. The van der Waals surface area contributed by atoms with Crippen molar-refractivity contribution in [3.05, 3.63) is 70.6 Å². The van der Waals surface area contributed by atoms with Crippen LogP contribution in [0.4, 0.5) is 4.39 Å². The monoisotopic (exact) mass is 327 g/mol. The van der Waals surface area contributed by atoms with Crippen molar-refractivity contribution in [1.82, 2.24) is 15.1 Å². The maximum Gasteiger partial charge on any atom is 0.123 e. The van der Waals surface area contributed by atoms with Gasteiger partial charge >= 0.3 is 0 Å². The number of benzene rings is 2. The standard InChI is InChI=1S/C18H15ClFN3/c19-13-4-6-15(7-5-13)23-17-8-9-21-11-16(17)18(22-23)12-2-1-3-14(20)10-12/h1-7,10,21H,8-9,11H2. The number of hydrogen-bond acceptors (Lipinski definition) is 2. The highest BCUT2D eigenvalue weighted by Gasteiger charge is 2.22. The van der Waals surface area contributed by atoms with E-state index in [9.17, 15) is 4.39 Å². The average Bonchev–Trinajstić information content (AvgIpc) is 2.95. The summed E-state index contributed by atoms with van der Waals surface area (Å²) in [5, 5.41) is 8.84. The van der Waals surface area contributed by atoms with Gasteiger partial charge in [0.2, 0.25) is 0 Å². The van der Waals surface area contributed by atoms with E-state index in [2.05, 4.69) is 5.32 Å². The van der Waals surface area contributed by atoms with Crippen molar-refractivity contribution in [2.75, 3.05) is 6.54 Å². The predicted molar refractivity (Wildman–Crippen MR) is 89.4 cm³/mol. The van der Waals surface area contributed by atoms with Gasteiger partial charge in [-0.25, -0.2) is 9.07 Å². The fourth-order valence-electron chi connectivity index (χ4n) is 3.01. The third kappa shape index (κ3) is 2.64. The molecule has 0 radical (unpaired) electrons. The summed E-state index contributed by atoms with van der Waals surface area (Å²) in [4.78, 5) is 0. The van der Waals surface area contributed by atoms with E-state index in [1.54, 1.807) is 6.07 Å². The quantitative estimate of drug-likeness (QED) is 0.771. The van der Waals surface area contributed by atoms with Gasteiger partial charge < -0.3 is 5.32 Å². The molecule has 0 spiro atoms. The van der Waals surface area contributed by atoms with Crippen LogP contribution in [0.25, 0.3) is 16.9 Å². The highest BCUT2D eigenvalue weighted by molar-refractivity contribution is 6.30. The largest absolute Gasteiger partial charge is 0.312 e. The molecule has 4 rings (SSSR count). The van der Waals surface area contributed by atoms with Crippen molar-refractivity contribution in [3.8, 4) is 16.9 Å². The zero-order valence-corrected chi connectivity index (χ0v) is 13.1. The molecule has 2 heterocycles. The summed E-state index contributed by atoms with van der Waals surface area (Å²) >= 11 is 5.98. The van der Waals surface area contributed by atoms with E-state index in [0.717, 1.165) is 42.0 Å². The Morgan fingerprint density at radius 2 is 1.96 bits per heavy atom. The molecule has 0 aliphatic carbocycles. The van der Waals surface area contributed by atoms with Crippen LogP contribution in [0.1, 0.15) is 11.3 Å². The normalized spacial score (nSPS) is 13.8. The smallest absolute Gasteiger partial charge is 0.123 e. The molecule has 0 fully saturated rings. The minimum Gasteiger partial charge on any atom is -0.312 e. The molecule has 1 N–H and O–H groups in total. The van der Waals surface area contributed by atoms with Gasteiger partial charge in [-0.2, -0.15) is 5.10 Å². The lowest BCUT2D eigenvalue weighted by atomic mass is 10.0. The lowest BCUT2D eigenvalue weighted by Crippen LogP contribution is -2.24. The van der Waals surface area contributed by atoms with Crippen LogP contribution in [0, 0.1) is 5.82 Å². The molecule has 2 aromatic carbocycles. The van der Waals surface area contributed by atoms with Gasteiger partial charge in [0.1, 0.15) is 5.82 Å². The highest BCUT2D eigenvalue weighted by Crippen LogP contribution is 2.30. The van der Waals surface area contributed by atoms with Crippen molar-refractivity contribution in [2.45, 2.75) is 13.0 Å². The Bertz CT molecular complexity index is 855. The summed E-state index contributed by atoms with van der Waals surface area (Å²) in [6, 6.07) is 14.2. The number of hydrogen-bond donors (Lipinski definition) is 1. The van der Waals surface area contributed by atoms with Crippen molar-refractivity contribution < 1.29 is 4.39 Å². The first-order valence-corrected chi connectivity index (χ1v) is 7.93. The molecule has 1 aliphatic rings. The van der Waals surface area contributed by atoms with Crippen LogP contribution in [-0.4, -0.2) is 16.3 Å². The summed E-state index contributed by atoms with van der Waals surface area (Å²) < 4.78 is 15.5. The van der Waals surface area contributed by atoms with Gasteiger partial charge in [0.15, 0.2) is 0 Å². The molecule has 0 amide bonds. The molecule has 0 saturated heterocycles. The van der Waals surface area contributed by atoms with Crippen LogP contribution in [0.3, 0.4) is 0 Å². The summed E-state index contributed by atoms with van der Waals surface area (Å²) in [6.07, 6.45) is 0.889. The van der Waals surface area contributed by atoms with E-state index in [-0.39, 0.29) is 5.82 Å². The number of nitrogens with one attached hydrogen (secondary N) is 1. The number of nitrogens with zero attached hydrogens (tertiary/aromatic N) is 2. The van der Waals surface area contributed by atoms with Crippen LogP contribution in [0.5, 0.6) is 0 Å². The molecule has 0 unspecified atom stereocenters. The van der Waals surface area contributed by atoms with Gasteiger partial charge in [-0.1, -0.05) is 23.7 Å². The van der Waals surface area contributed by atoms with E-state index >= 15 is 0 Å². The maximum absolute atomic E-state index is 13.6. The minimum absolute atomic E-state index is 0.249. The zero-order chi connectivity index (χ0) is 15.8. The minimum atomic E-state index is -0.249. The Morgan fingerprint density at radius 3 is 2.74 bits per heavy atom. The molecule has 116 valence electrons. The Kier molecular flexibility index (Phi) is 3.63. The number of aromatic nitrogens is 2. The Morgan fingerprint density at radius 1 is 1.13 bits per heavy atom. The van der Waals surface area contributed by atoms with Crippen molar-refractivity contribution in [1.29, 1.82) is 0 Å². The van der Waals surface area contributed by atoms with E-state index in [1.165, 1.54) is 17.8 Å². The molecule has 3 aromatic rings. The molecule has 0 saturated carbocycles. The molecule has 0 atom stereocenters. The van der Waals surface area contributed by atoms with Gasteiger partial charge in [0, 0.05) is 35.7 Å². The molecule has 23 heavy (non-hydrogen) atoms. The van der Waals surface area contributed by atoms with Crippen LogP contribution >= 0.6 is 11.6 Å². The molecule has 1 aromatic heterocycles. The molecular weight excluding hydrogens is 313 g/mol. The van der Waals surface area contributed by atoms with E-state index in [4.69, 9.17) is 16.7 Å². The number of rotatable bonds is 2. The lowest BCUT2D eigenvalue weighted by Gasteiger charge is -2.15. The van der Waals surface area contributed by atoms with Crippen molar-refractivity contribution in [2.24, 2.45) is 0 Å². The van der Waals surface area contributed by atoms with Crippen LogP contribution < -0.4 is 5.32 Å². The third-order valence-corrected chi connectivity index (χ3v) is 4.35. The fourth-order valence-corrected chi connectivity index (χ4v) is 3.14. The first-order valence-electron chi connectivity index (χ1n) is 7.56. The van der Waals surface area contributed by atoms with E-state index in [0.29, 0.717) is 5.02 Å². The second-order valence-corrected chi connectivity index (χ2v) is 6.04. The van der Waals surface area contributed by atoms with Gasteiger partial charge in [-0.05, 0) is 36.4 Å². The first-order chi connectivity index (χ1) is 11.2. The van der Waals surface area contributed by atoms with Crippen molar-refractivity contribution >= 4 is 11.6 Å². The molecule has 1 aliphatic heterocycles. The highest BCUT2D eigenvalue weighted by atomic mass is 35.5. The topological polar surface area (TPSA) is 29.9 Å². The molecule has 5 heteroatoms. The number of halogens is 2. The zero-order valence-electron chi connectivity index (χ0n) is 12.4. The van der Waals surface area contributed by atoms with E-state index in [1.807, 2.05) is 35.0 Å². The second-order valence-electron chi connectivity index (χ2n) is 5.60. The first kappa shape index (κ1) is 14.4.